The van der Waals surface area contributed by atoms with Crippen molar-refractivity contribution in [1.82, 2.24) is 9.97 Å². The zero-order chi connectivity index (χ0) is 19.8. The first-order valence-corrected chi connectivity index (χ1v) is 9.98. The van der Waals surface area contributed by atoms with E-state index in [9.17, 15) is 5.11 Å². The van der Waals surface area contributed by atoms with Crippen molar-refractivity contribution >= 4 is 45.1 Å². The van der Waals surface area contributed by atoms with Crippen LogP contribution < -0.4 is 10.5 Å². The molecule has 6 heteroatoms. The Hall–Kier alpha value is -3.64. The maximum atomic E-state index is 10.6. The highest BCUT2D eigenvalue weighted by Gasteiger charge is 2.15. The molecule has 0 bridgehead atoms. The summed E-state index contributed by atoms with van der Waals surface area (Å²) in [7, 11) is 0. The van der Waals surface area contributed by atoms with Gasteiger partial charge in [0.2, 0.25) is 0 Å². The van der Waals surface area contributed by atoms with Gasteiger partial charge in [-0.05, 0) is 66.5 Å². The molecule has 0 amide bonds. The number of nitrogens with zero attached hydrogens (tertiary/aromatic N) is 1. The normalized spacial score (nSPS) is 11.2. The molecule has 0 unspecified atom stereocenters. The molecule has 0 aliphatic carbocycles. The Kier molecular flexibility index (Phi) is 4.26. The highest BCUT2D eigenvalue weighted by atomic mass is 32.2. The van der Waals surface area contributed by atoms with Crippen molar-refractivity contribution in [2.75, 3.05) is 10.5 Å². The first kappa shape index (κ1) is 17.5. The molecular weight excluding hydrogens is 380 g/mol. The van der Waals surface area contributed by atoms with Gasteiger partial charge in [-0.25, -0.2) is 4.98 Å². The van der Waals surface area contributed by atoms with Crippen LogP contribution in [-0.2, 0) is 0 Å². The highest BCUT2D eigenvalue weighted by molar-refractivity contribution is 8.00. The van der Waals surface area contributed by atoms with E-state index in [1.807, 2.05) is 78.9 Å². The van der Waals surface area contributed by atoms with Gasteiger partial charge in [0.05, 0.1) is 16.8 Å². The summed E-state index contributed by atoms with van der Waals surface area (Å²) in [6, 6.07) is 25.5. The van der Waals surface area contributed by atoms with Crippen LogP contribution in [0.5, 0.6) is 5.88 Å². The fourth-order valence-electron chi connectivity index (χ4n) is 3.36. The fraction of sp³-hybridized carbons (Fsp3) is 0. The van der Waals surface area contributed by atoms with Crippen molar-refractivity contribution < 1.29 is 5.11 Å². The standard InChI is InChI=1S/C23H18N4OS/c24-15-6-9-17(10-7-15)29-27-16-8-12-20-18(13-16)22(23(28)26-20)21-11-5-14-3-1-2-4-19(14)25-21/h1-13,26-28H,24H2. The Balaban J connectivity index is 1.52. The molecule has 0 saturated heterocycles. The number of fused-ring (bicyclic) bond motifs is 2. The molecule has 0 aliphatic heterocycles. The second-order valence-electron chi connectivity index (χ2n) is 6.77. The summed E-state index contributed by atoms with van der Waals surface area (Å²) in [5.41, 5.74) is 10.6. The summed E-state index contributed by atoms with van der Waals surface area (Å²) in [6.07, 6.45) is 0. The third kappa shape index (κ3) is 3.34. The molecule has 5 N–H and O–H groups in total. The number of aromatic nitrogens is 2. The maximum absolute atomic E-state index is 10.6. The van der Waals surface area contributed by atoms with Gasteiger partial charge in [0.1, 0.15) is 0 Å². The van der Waals surface area contributed by atoms with E-state index >= 15 is 0 Å². The predicted molar refractivity (Wildman–Crippen MR) is 121 cm³/mol. The summed E-state index contributed by atoms with van der Waals surface area (Å²) >= 11 is 1.51. The van der Waals surface area contributed by atoms with Gasteiger partial charge in [-0.2, -0.15) is 0 Å². The Morgan fingerprint density at radius 3 is 2.62 bits per heavy atom. The number of nitrogens with one attached hydrogen (secondary N) is 2. The van der Waals surface area contributed by atoms with Gasteiger partial charge in [-0.1, -0.05) is 24.3 Å². The molecule has 0 spiro atoms. The third-order valence-corrected chi connectivity index (χ3v) is 5.65. The van der Waals surface area contributed by atoms with Crippen LogP contribution in [0.3, 0.4) is 0 Å². The van der Waals surface area contributed by atoms with E-state index in [-0.39, 0.29) is 5.88 Å². The zero-order valence-corrected chi connectivity index (χ0v) is 16.2. The summed E-state index contributed by atoms with van der Waals surface area (Å²) < 4.78 is 3.35. The van der Waals surface area contributed by atoms with E-state index in [0.29, 0.717) is 5.56 Å². The molecular formula is C23H18N4OS. The number of anilines is 2. The van der Waals surface area contributed by atoms with Gasteiger partial charge in [0, 0.05) is 32.6 Å². The lowest BCUT2D eigenvalue weighted by molar-refractivity contribution is 0.460. The summed E-state index contributed by atoms with van der Waals surface area (Å²) in [5, 5.41) is 12.5. The molecule has 3 aromatic carbocycles. The molecule has 5 aromatic rings. The van der Waals surface area contributed by atoms with E-state index in [0.717, 1.165) is 43.8 Å². The number of H-pyrrole nitrogens is 1. The number of hydrogen-bond donors (Lipinski definition) is 4. The van der Waals surface area contributed by atoms with Crippen molar-refractivity contribution in [2.45, 2.75) is 4.90 Å². The van der Waals surface area contributed by atoms with Crippen LogP contribution in [-0.4, -0.2) is 15.1 Å². The lowest BCUT2D eigenvalue weighted by Crippen LogP contribution is -1.88. The Bertz CT molecular complexity index is 1330. The number of aromatic hydroxyl groups is 1. The van der Waals surface area contributed by atoms with Gasteiger partial charge < -0.3 is 20.5 Å². The van der Waals surface area contributed by atoms with E-state index in [1.54, 1.807) is 0 Å². The van der Waals surface area contributed by atoms with Crippen LogP contribution in [0.25, 0.3) is 33.1 Å². The summed E-state index contributed by atoms with van der Waals surface area (Å²) in [6.45, 7) is 0. The van der Waals surface area contributed by atoms with Crippen molar-refractivity contribution in [2.24, 2.45) is 0 Å². The van der Waals surface area contributed by atoms with E-state index in [1.165, 1.54) is 11.9 Å². The topological polar surface area (TPSA) is 87.0 Å². The van der Waals surface area contributed by atoms with Crippen molar-refractivity contribution in [3.63, 3.8) is 0 Å². The lowest BCUT2D eigenvalue weighted by atomic mass is 10.1. The number of nitrogen functional groups attached to an aromatic ring is 1. The van der Waals surface area contributed by atoms with Crippen LogP contribution in [0.4, 0.5) is 11.4 Å². The third-order valence-electron chi connectivity index (χ3n) is 4.80. The lowest BCUT2D eigenvalue weighted by Gasteiger charge is -2.07. The summed E-state index contributed by atoms with van der Waals surface area (Å²) in [4.78, 5) is 8.85. The predicted octanol–water partition coefficient (Wildman–Crippen LogP) is 5.79. The average Bonchev–Trinajstić information content (AvgIpc) is 3.08. The van der Waals surface area contributed by atoms with Crippen molar-refractivity contribution in [3.8, 4) is 17.1 Å². The number of rotatable bonds is 4. The molecule has 2 aromatic heterocycles. The van der Waals surface area contributed by atoms with Gasteiger partial charge in [-0.15, -0.1) is 0 Å². The van der Waals surface area contributed by atoms with Gasteiger partial charge in [-0.3, -0.25) is 0 Å². The molecule has 0 fully saturated rings. The van der Waals surface area contributed by atoms with Crippen molar-refractivity contribution in [1.29, 1.82) is 0 Å². The number of nitrogens with two attached hydrogens (primary N) is 1. The van der Waals surface area contributed by atoms with Crippen LogP contribution in [0, 0.1) is 0 Å². The molecule has 5 nitrogen and oxygen atoms in total. The quantitative estimate of drug-likeness (QED) is 0.227. The number of pyridine rings is 1. The monoisotopic (exact) mass is 398 g/mol. The molecule has 142 valence electrons. The molecule has 0 atom stereocenters. The van der Waals surface area contributed by atoms with E-state index < -0.39 is 0 Å². The van der Waals surface area contributed by atoms with E-state index in [4.69, 9.17) is 10.7 Å². The van der Waals surface area contributed by atoms with Gasteiger partial charge in [0.25, 0.3) is 0 Å². The first-order valence-electron chi connectivity index (χ1n) is 9.17. The number of para-hydroxylation sites is 1. The Morgan fingerprint density at radius 2 is 1.76 bits per heavy atom. The van der Waals surface area contributed by atoms with E-state index in [2.05, 4.69) is 9.71 Å². The smallest absolute Gasteiger partial charge is 0.199 e. The maximum Gasteiger partial charge on any atom is 0.199 e. The van der Waals surface area contributed by atoms with Crippen LogP contribution in [0.1, 0.15) is 0 Å². The van der Waals surface area contributed by atoms with Crippen LogP contribution in [0.2, 0.25) is 0 Å². The minimum atomic E-state index is 0.117. The summed E-state index contributed by atoms with van der Waals surface area (Å²) in [5.74, 6) is 0.117. The molecule has 0 radical (unpaired) electrons. The minimum Gasteiger partial charge on any atom is -0.494 e. The number of benzene rings is 3. The van der Waals surface area contributed by atoms with Crippen LogP contribution in [0.15, 0.2) is 83.8 Å². The largest absolute Gasteiger partial charge is 0.494 e. The molecule has 0 aliphatic rings. The Morgan fingerprint density at radius 1 is 0.931 bits per heavy atom. The fourth-order valence-corrected chi connectivity index (χ4v) is 3.99. The molecule has 2 heterocycles. The first-order chi connectivity index (χ1) is 14.2. The Labute approximate surface area is 171 Å². The SMILES string of the molecule is Nc1ccc(SNc2ccc3[nH]c(O)c(-c4ccc5ccccc5n4)c3c2)cc1. The molecule has 0 saturated carbocycles. The second-order valence-corrected chi connectivity index (χ2v) is 7.65. The van der Waals surface area contributed by atoms with Crippen molar-refractivity contribution in [3.05, 3.63) is 78.9 Å². The van der Waals surface area contributed by atoms with Gasteiger partial charge >= 0.3 is 0 Å². The number of aromatic amines is 1. The second kappa shape index (κ2) is 7.07. The molecule has 5 rings (SSSR count). The minimum absolute atomic E-state index is 0.117. The average molecular weight is 398 g/mol. The number of hydrogen-bond acceptors (Lipinski definition) is 5. The highest BCUT2D eigenvalue weighted by Crippen LogP contribution is 2.38. The van der Waals surface area contributed by atoms with Gasteiger partial charge in [0.15, 0.2) is 5.88 Å². The van der Waals surface area contributed by atoms with Crippen LogP contribution >= 0.6 is 11.9 Å². The zero-order valence-electron chi connectivity index (χ0n) is 15.4. The molecule has 29 heavy (non-hydrogen) atoms.